The second kappa shape index (κ2) is 5.33. The van der Waals surface area contributed by atoms with Gasteiger partial charge in [0.05, 0.1) is 6.61 Å². The number of hydrogen-bond donors (Lipinski definition) is 1. The Hall–Kier alpha value is -1.65. The Balaban J connectivity index is 2.38. The van der Waals surface area contributed by atoms with Crippen LogP contribution in [0.3, 0.4) is 0 Å². The van der Waals surface area contributed by atoms with E-state index >= 15 is 0 Å². The van der Waals surface area contributed by atoms with Crippen LogP contribution in [-0.2, 0) is 6.61 Å². The van der Waals surface area contributed by atoms with Crippen molar-refractivity contribution in [2.24, 2.45) is 0 Å². The molecule has 0 atom stereocenters. The summed E-state index contributed by atoms with van der Waals surface area (Å²) in [5, 5.41) is 9.49. The van der Waals surface area contributed by atoms with Crippen LogP contribution in [0, 0.1) is 11.6 Å². The Morgan fingerprint density at radius 3 is 2.56 bits per heavy atom. The smallest absolute Gasteiger partial charge is 0.165 e. The Kier molecular flexibility index (Phi) is 3.79. The van der Waals surface area contributed by atoms with E-state index in [0.29, 0.717) is 10.6 Å². The van der Waals surface area contributed by atoms with Gasteiger partial charge in [-0.2, -0.15) is 0 Å². The van der Waals surface area contributed by atoms with E-state index in [1.54, 1.807) is 12.1 Å². The van der Waals surface area contributed by atoms with Gasteiger partial charge in [-0.05, 0) is 24.3 Å². The second-order valence-electron chi connectivity index (χ2n) is 3.59. The first kappa shape index (κ1) is 12.8. The predicted molar refractivity (Wildman–Crippen MR) is 63.8 cm³/mol. The highest BCUT2D eigenvalue weighted by atomic mass is 35.5. The summed E-state index contributed by atoms with van der Waals surface area (Å²) < 4.78 is 31.6. The number of aliphatic hydroxyl groups is 1. The molecular weight excluding hydrogens is 262 g/mol. The Morgan fingerprint density at radius 2 is 1.83 bits per heavy atom. The summed E-state index contributed by atoms with van der Waals surface area (Å²) in [6.07, 6.45) is 0. The minimum absolute atomic E-state index is 0.189. The number of benzene rings is 2. The highest BCUT2D eigenvalue weighted by Gasteiger charge is 2.10. The lowest BCUT2D eigenvalue weighted by atomic mass is 10.2. The fourth-order valence-electron chi connectivity index (χ4n) is 1.43. The van der Waals surface area contributed by atoms with E-state index in [-0.39, 0.29) is 18.1 Å². The highest BCUT2D eigenvalue weighted by Crippen LogP contribution is 2.30. The average molecular weight is 271 g/mol. The fourth-order valence-corrected chi connectivity index (χ4v) is 1.59. The highest BCUT2D eigenvalue weighted by molar-refractivity contribution is 6.30. The molecule has 2 aromatic carbocycles. The van der Waals surface area contributed by atoms with Gasteiger partial charge >= 0.3 is 0 Å². The maximum Gasteiger partial charge on any atom is 0.165 e. The predicted octanol–water partition coefficient (Wildman–Crippen LogP) is 3.90. The Morgan fingerprint density at radius 1 is 1.06 bits per heavy atom. The van der Waals surface area contributed by atoms with Crippen molar-refractivity contribution in [2.45, 2.75) is 6.61 Å². The quantitative estimate of drug-likeness (QED) is 0.916. The molecule has 2 nitrogen and oxygen atoms in total. The summed E-state index contributed by atoms with van der Waals surface area (Å²) in [6.45, 7) is -0.288. The number of aliphatic hydroxyl groups excluding tert-OH is 1. The van der Waals surface area contributed by atoms with Gasteiger partial charge in [0.15, 0.2) is 11.6 Å². The molecule has 0 heterocycles. The molecule has 5 heteroatoms. The second-order valence-corrected chi connectivity index (χ2v) is 4.02. The van der Waals surface area contributed by atoms with Crippen molar-refractivity contribution in [3.63, 3.8) is 0 Å². The molecule has 0 saturated heterocycles. The van der Waals surface area contributed by atoms with Crippen LogP contribution < -0.4 is 4.74 Å². The standard InChI is InChI=1S/C13H9ClF2O2/c14-9-2-1-8(7-17)12(5-9)18-13-6-10(15)3-4-11(13)16/h1-6,17H,7H2. The van der Waals surface area contributed by atoms with Gasteiger partial charge in [0.25, 0.3) is 0 Å². The lowest BCUT2D eigenvalue weighted by Crippen LogP contribution is -1.94. The van der Waals surface area contributed by atoms with Gasteiger partial charge in [0.1, 0.15) is 11.6 Å². The molecule has 0 aromatic heterocycles. The molecule has 0 aliphatic rings. The van der Waals surface area contributed by atoms with Crippen LogP contribution in [0.4, 0.5) is 8.78 Å². The minimum atomic E-state index is -0.694. The molecule has 0 saturated carbocycles. The molecule has 1 N–H and O–H groups in total. The molecule has 0 bridgehead atoms. The molecule has 0 aliphatic heterocycles. The van der Waals surface area contributed by atoms with E-state index < -0.39 is 11.6 Å². The normalized spacial score (nSPS) is 10.4. The van der Waals surface area contributed by atoms with Crippen LogP contribution in [0.5, 0.6) is 11.5 Å². The van der Waals surface area contributed by atoms with Crippen LogP contribution in [-0.4, -0.2) is 5.11 Å². The summed E-state index contributed by atoms with van der Waals surface area (Å²) in [7, 11) is 0. The average Bonchev–Trinajstić information content (AvgIpc) is 2.34. The van der Waals surface area contributed by atoms with E-state index in [4.69, 9.17) is 21.4 Å². The van der Waals surface area contributed by atoms with Crippen LogP contribution >= 0.6 is 11.6 Å². The van der Waals surface area contributed by atoms with E-state index in [2.05, 4.69) is 0 Å². The van der Waals surface area contributed by atoms with Gasteiger partial charge in [-0.15, -0.1) is 0 Å². The van der Waals surface area contributed by atoms with E-state index in [9.17, 15) is 8.78 Å². The maximum atomic E-state index is 13.4. The van der Waals surface area contributed by atoms with E-state index in [1.807, 2.05) is 0 Å². The van der Waals surface area contributed by atoms with Gasteiger partial charge < -0.3 is 9.84 Å². The van der Waals surface area contributed by atoms with Crippen molar-refractivity contribution in [1.29, 1.82) is 0 Å². The molecule has 0 aliphatic carbocycles. The summed E-state index contributed by atoms with van der Waals surface area (Å²) in [6, 6.07) is 7.44. The first-order valence-electron chi connectivity index (χ1n) is 5.12. The minimum Gasteiger partial charge on any atom is -0.454 e. The van der Waals surface area contributed by atoms with Crippen molar-refractivity contribution >= 4 is 11.6 Å². The van der Waals surface area contributed by atoms with Gasteiger partial charge in [0, 0.05) is 16.7 Å². The zero-order valence-electron chi connectivity index (χ0n) is 9.16. The molecule has 94 valence electrons. The van der Waals surface area contributed by atoms with Gasteiger partial charge in [-0.25, -0.2) is 8.78 Å². The monoisotopic (exact) mass is 270 g/mol. The molecule has 0 unspecified atom stereocenters. The van der Waals surface area contributed by atoms with Crippen LogP contribution in [0.2, 0.25) is 5.02 Å². The van der Waals surface area contributed by atoms with Crippen molar-refractivity contribution in [1.82, 2.24) is 0 Å². The molecule has 0 fully saturated rings. The number of hydrogen-bond acceptors (Lipinski definition) is 2. The van der Waals surface area contributed by atoms with E-state index in [0.717, 1.165) is 18.2 Å². The lowest BCUT2D eigenvalue weighted by Gasteiger charge is -2.10. The van der Waals surface area contributed by atoms with Crippen molar-refractivity contribution in [3.8, 4) is 11.5 Å². The van der Waals surface area contributed by atoms with Gasteiger partial charge in [0.2, 0.25) is 0 Å². The van der Waals surface area contributed by atoms with Gasteiger partial charge in [-0.3, -0.25) is 0 Å². The Labute approximate surface area is 107 Å². The number of ether oxygens (including phenoxy) is 1. The molecular formula is C13H9ClF2O2. The van der Waals surface area contributed by atoms with E-state index in [1.165, 1.54) is 6.07 Å². The van der Waals surface area contributed by atoms with Crippen molar-refractivity contribution in [3.05, 3.63) is 58.6 Å². The largest absolute Gasteiger partial charge is 0.454 e. The SMILES string of the molecule is OCc1ccc(Cl)cc1Oc1cc(F)ccc1F. The third-order valence-corrected chi connectivity index (χ3v) is 2.55. The number of rotatable bonds is 3. The topological polar surface area (TPSA) is 29.5 Å². The first-order valence-corrected chi connectivity index (χ1v) is 5.50. The van der Waals surface area contributed by atoms with Crippen molar-refractivity contribution < 1.29 is 18.6 Å². The summed E-state index contributed by atoms with van der Waals surface area (Å²) in [5.74, 6) is -1.37. The third-order valence-electron chi connectivity index (χ3n) is 2.31. The summed E-state index contributed by atoms with van der Waals surface area (Å²) in [5.41, 5.74) is 0.433. The number of halogens is 3. The third kappa shape index (κ3) is 2.78. The molecule has 0 spiro atoms. The van der Waals surface area contributed by atoms with Crippen molar-refractivity contribution in [2.75, 3.05) is 0 Å². The summed E-state index contributed by atoms with van der Waals surface area (Å²) >= 11 is 5.78. The molecule has 0 amide bonds. The fraction of sp³-hybridized carbons (Fsp3) is 0.0769. The zero-order valence-corrected chi connectivity index (χ0v) is 9.92. The summed E-state index contributed by atoms with van der Waals surface area (Å²) in [4.78, 5) is 0. The molecule has 2 aromatic rings. The first-order chi connectivity index (χ1) is 8.60. The van der Waals surface area contributed by atoms with Gasteiger partial charge in [-0.1, -0.05) is 17.7 Å². The van der Waals surface area contributed by atoms with Crippen LogP contribution in [0.25, 0.3) is 0 Å². The van der Waals surface area contributed by atoms with Crippen LogP contribution in [0.15, 0.2) is 36.4 Å². The zero-order chi connectivity index (χ0) is 13.1. The lowest BCUT2D eigenvalue weighted by molar-refractivity contribution is 0.276. The Bertz CT molecular complexity index is 573. The molecule has 2 rings (SSSR count). The maximum absolute atomic E-state index is 13.4. The van der Waals surface area contributed by atoms with Crippen LogP contribution in [0.1, 0.15) is 5.56 Å². The molecule has 0 radical (unpaired) electrons. The molecule has 18 heavy (non-hydrogen) atoms.